The number of rotatable bonds is 3. The molecule has 27 heavy (non-hydrogen) atoms. The summed E-state index contributed by atoms with van der Waals surface area (Å²) in [6, 6.07) is 24.1. The lowest BCUT2D eigenvalue weighted by Crippen LogP contribution is -2.27. The van der Waals surface area contributed by atoms with Gasteiger partial charge in [-0.2, -0.15) is 0 Å². The van der Waals surface area contributed by atoms with Gasteiger partial charge in [0.05, 0.1) is 10.6 Å². The lowest BCUT2D eigenvalue weighted by atomic mass is 10.1. The molecule has 1 amide bonds. The molecule has 1 heterocycles. The van der Waals surface area contributed by atoms with Crippen molar-refractivity contribution >= 4 is 56.7 Å². The van der Waals surface area contributed by atoms with Crippen molar-refractivity contribution in [1.82, 2.24) is 0 Å². The summed E-state index contributed by atoms with van der Waals surface area (Å²) in [6.07, 6.45) is 3.97. The molecule has 0 saturated carbocycles. The van der Waals surface area contributed by atoms with Crippen molar-refractivity contribution in [1.29, 1.82) is 0 Å². The minimum absolute atomic E-state index is 0.0684. The zero-order chi connectivity index (χ0) is 18.8. The molecule has 0 bridgehead atoms. The van der Waals surface area contributed by atoms with Gasteiger partial charge < -0.3 is 0 Å². The van der Waals surface area contributed by atoms with E-state index < -0.39 is 0 Å². The number of benzene rings is 3. The van der Waals surface area contributed by atoms with Crippen LogP contribution < -0.4 is 4.90 Å². The average molecular weight is 388 g/mol. The number of amides is 1. The third kappa shape index (κ3) is 3.72. The summed E-state index contributed by atoms with van der Waals surface area (Å²) in [6.45, 7) is 2.00. The van der Waals surface area contributed by atoms with E-state index in [0.717, 1.165) is 27.6 Å². The molecule has 3 aromatic rings. The first-order chi connectivity index (χ1) is 13.1. The monoisotopic (exact) mass is 387 g/mol. The quantitative estimate of drug-likeness (QED) is 0.395. The fourth-order valence-electron chi connectivity index (χ4n) is 3.07. The SMILES string of the molecule is CC(/C=C1\SC(=S)N(c2ccc3ccccc3c2)C1=O)=C\c1ccccc1. The van der Waals surface area contributed by atoms with Crippen LogP contribution in [0.5, 0.6) is 0 Å². The zero-order valence-electron chi connectivity index (χ0n) is 14.8. The van der Waals surface area contributed by atoms with E-state index in [-0.39, 0.29) is 5.91 Å². The predicted molar refractivity (Wildman–Crippen MR) is 120 cm³/mol. The van der Waals surface area contributed by atoms with E-state index in [1.54, 1.807) is 4.90 Å². The van der Waals surface area contributed by atoms with Crippen molar-refractivity contribution in [3.05, 3.63) is 94.9 Å². The number of hydrogen-bond acceptors (Lipinski definition) is 3. The Morgan fingerprint density at radius 2 is 1.67 bits per heavy atom. The predicted octanol–water partition coefficient (Wildman–Crippen LogP) is 6.19. The number of carbonyl (C=O) groups excluding carboxylic acids is 1. The summed E-state index contributed by atoms with van der Waals surface area (Å²) in [5.74, 6) is -0.0684. The molecule has 0 atom stereocenters. The van der Waals surface area contributed by atoms with Gasteiger partial charge in [0, 0.05) is 0 Å². The van der Waals surface area contributed by atoms with E-state index in [9.17, 15) is 4.79 Å². The fourth-order valence-corrected chi connectivity index (χ4v) is 4.42. The van der Waals surface area contributed by atoms with Crippen molar-refractivity contribution in [2.75, 3.05) is 4.90 Å². The maximum atomic E-state index is 13.0. The number of thioether (sulfide) groups is 1. The molecular weight excluding hydrogens is 370 g/mol. The molecule has 0 unspecified atom stereocenters. The summed E-state index contributed by atoms with van der Waals surface area (Å²) < 4.78 is 0.564. The van der Waals surface area contributed by atoms with Gasteiger partial charge in [0.1, 0.15) is 0 Å². The first-order valence-corrected chi connectivity index (χ1v) is 9.84. The summed E-state index contributed by atoms with van der Waals surface area (Å²) in [7, 11) is 0. The molecule has 0 aliphatic carbocycles. The molecule has 2 nitrogen and oxygen atoms in total. The van der Waals surface area contributed by atoms with Crippen LogP contribution in [0.2, 0.25) is 0 Å². The number of carbonyl (C=O) groups is 1. The van der Waals surface area contributed by atoms with E-state index in [0.29, 0.717) is 9.23 Å². The molecular formula is C23H17NOS2. The van der Waals surface area contributed by atoms with Gasteiger partial charge in [-0.05, 0) is 47.0 Å². The Morgan fingerprint density at radius 3 is 2.44 bits per heavy atom. The first kappa shape index (κ1) is 17.7. The molecule has 1 saturated heterocycles. The van der Waals surface area contributed by atoms with Crippen LogP contribution in [0.15, 0.2) is 89.4 Å². The van der Waals surface area contributed by atoms with Crippen molar-refractivity contribution in [2.45, 2.75) is 6.92 Å². The Kier molecular flexibility index (Phi) is 4.92. The number of allylic oxidation sites excluding steroid dienone is 2. The number of anilines is 1. The Morgan fingerprint density at radius 1 is 0.963 bits per heavy atom. The number of hydrogen-bond donors (Lipinski definition) is 0. The molecule has 0 N–H and O–H groups in total. The second kappa shape index (κ2) is 7.51. The van der Waals surface area contributed by atoms with Crippen LogP contribution in [-0.4, -0.2) is 10.2 Å². The number of thiocarbonyl (C=S) groups is 1. The Labute approximate surface area is 168 Å². The molecule has 1 aliphatic rings. The summed E-state index contributed by atoms with van der Waals surface area (Å²) in [5, 5.41) is 2.23. The molecule has 1 aliphatic heterocycles. The van der Waals surface area contributed by atoms with E-state index in [1.807, 2.05) is 79.7 Å². The van der Waals surface area contributed by atoms with Gasteiger partial charge in [-0.1, -0.05) is 90.7 Å². The van der Waals surface area contributed by atoms with Crippen LogP contribution in [0.25, 0.3) is 16.8 Å². The van der Waals surface area contributed by atoms with Crippen molar-refractivity contribution in [3.63, 3.8) is 0 Å². The summed E-state index contributed by atoms with van der Waals surface area (Å²) in [4.78, 5) is 15.2. The maximum Gasteiger partial charge on any atom is 0.270 e. The fraction of sp³-hybridized carbons (Fsp3) is 0.0435. The van der Waals surface area contributed by atoms with Crippen molar-refractivity contribution in [3.8, 4) is 0 Å². The van der Waals surface area contributed by atoms with E-state index in [4.69, 9.17) is 12.2 Å². The Bertz CT molecular complexity index is 1100. The molecule has 132 valence electrons. The lowest BCUT2D eigenvalue weighted by molar-refractivity contribution is -0.113. The van der Waals surface area contributed by atoms with Gasteiger partial charge in [0.25, 0.3) is 5.91 Å². The minimum Gasteiger partial charge on any atom is -0.268 e. The van der Waals surface area contributed by atoms with E-state index in [2.05, 4.69) is 12.1 Å². The molecule has 4 heteroatoms. The van der Waals surface area contributed by atoms with Crippen molar-refractivity contribution < 1.29 is 4.79 Å². The second-order valence-corrected chi connectivity index (χ2v) is 8.02. The first-order valence-electron chi connectivity index (χ1n) is 8.62. The van der Waals surface area contributed by atoms with Gasteiger partial charge in [-0.15, -0.1) is 0 Å². The highest BCUT2D eigenvalue weighted by Crippen LogP contribution is 2.36. The topological polar surface area (TPSA) is 20.3 Å². The maximum absolute atomic E-state index is 13.0. The van der Waals surface area contributed by atoms with Crippen LogP contribution in [0.3, 0.4) is 0 Å². The normalized spacial score (nSPS) is 16.6. The van der Waals surface area contributed by atoms with Crippen LogP contribution in [0.4, 0.5) is 5.69 Å². The van der Waals surface area contributed by atoms with Crippen LogP contribution in [-0.2, 0) is 4.79 Å². The molecule has 0 spiro atoms. The molecule has 4 rings (SSSR count). The number of fused-ring (bicyclic) bond motifs is 1. The standard InChI is InChI=1S/C23H17NOS2/c1-16(13-17-7-3-2-4-8-17)14-21-22(25)24(23(26)27-21)20-12-11-18-9-5-6-10-19(18)15-20/h2-15H,1H3/b16-13+,21-14-. The largest absolute Gasteiger partial charge is 0.270 e. The van der Waals surface area contributed by atoms with Crippen LogP contribution in [0.1, 0.15) is 12.5 Å². The lowest BCUT2D eigenvalue weighted by Gasteiger charge is -2.15. The Hall–Kier alpha value is -2.69. The Balaban J connectivity index is 1.64. The van der Waals surface area contributed by atoms with Gasteiger partial charge >= 0.3 is 0 Å². The highest BCUT2D eigenvalue weighted by Gasteiger charge is 2.33. The molecule has 3 aromatic carbocycles. The van der Waals surface area contributed by atoms with Crippen LogP contribution in [0, 0.1) is 0 Å². The van der Waals surface area contributed by atoms with Gasteiger partial charge in [0.2, 0.25) is 0 Å². The van der Waals surface area contributed by atoms with Crippen LogP contribution >= 0.6 is 24.0 Å². The summed E-state index contributed by atoms with van der Waals surface area (Å²) in [5.41, 5.74) is 2.93. The molecule has 0 radical (unpaired) electrons. The van der Waals surface area contributed by atoms with E-state index in [1.165, 1.54) is 11.8 Å². The highest BCUT2D eigenvalue weighted by atomic mass is 32.2. The smallest absolute Gasteiger partial charge is 0.268 e. The number of nitrogens with zero attached hydrogens (tertiary/aromatic N) is 1. The second-order valence-electron chi connectivity index (χ2n) is 6.35. The van der Waals surface area contributed by atoms with Gasteiger partial charge in [-0.25, -0.2) is 0 Å². The third-order valence-electron chi connectivity index (χ3n) is 4.34. The highest BCUT2D eigenvalue weighted by molar-refractivity contribution is 8.27. The minimum atomic E-state index is -0.0684. The van der Waals surface area contributed by atoms with E-state index >= 15 is 0 Å². The summed E-state index contributed by atoms with van der Waals surface area (Å²) >= 11 is 6.84. The van der Waals surface area contributed by atoms with Gasteiger partial charge in [-0.3, -0.25) is 9.69 Å². The average Bonchev–Trinajstić information content (AvgIpc) is 2.95. The van der Waals surface area contributed by atoms with Gasteiger partial charge in [0.15, 0.2) is 4.32 Å². The third-order valence-corrected chi connectivity index (χ3v) is 5.64. The zero-order valence-corrected chi connectivity index (χ0v) is 16.4. The van der Waals surface area contributed by atoms with Crippen molar-refractivity contribution in [2.24, 2.45) is 0 Å². The molecule has 1 fully saturated rings. The molecule has 0 aromatic heterocycles.